The Balaban J connectivity index is 1.65. The summed E-state index contributed by atoms with van der Waals surface area (Å²) in [6.07, 6.45) is 0.796. The van der Waals surface area contributed by atoms with Crippen molar-refractivity contribution in [3.05, 3.63) is 71.4 Å². The molecule has 0 unspecified atom stereocenters. The Kier molecular flexibility index (Phi) is 3.80. The van der Waals surface area contributed by atoms with Crippen LogP contribution < -0.4 is 4.74 Å². The van der Waals surface area contributed by atoms with E-state index in [1.807, 2.05) is 60.7 Å². The number of nitrogens with zero attached hydrogens (tertiary/aromatic N) is 3. The zero-order valence-electron chi connectivity index (χ0n) is 12.6. The summed E-state index contributed by atoms with van der Waals surface area (Å²) >= 11 is 1.42. The molecule has 2 aromatic heterocycles. The summed E-state index contributed by atoms with van der Waals surface area (Å²) in [6, 6.07) is 19.2. The number of benzene rings is 2. The van der Waals surface area contributed by atoms with Gasteiger partial charge in [-0.15, -0.1) is 0 Å². The molecule has 0 saturated heterocycles. The molecule has 0 amide bonds. The number of carbonyl (C=O) groups excluding carboxylic acids is 1. The van der Waals surface area contributed by atoms with Gasteiger partial charge >= 0.3 is 0 Å². The van der Waals surface area contributed by atoms with E-state index in [1.165, 1.54) is 11.3 Å². The number of aromatic nitrogens is 3. The lowest BCUT2D eigenvalue weighted by Crippen LogP contribution is -1.98. The van der Waals surface area contributed by atoms with E-state index in [9.17, 15) is 4.79 Å². The lowest BCUT2D eigenvalue weighted by Gasteiger charge is -2.02. The molecule has 2 aromatic carbocycles. The highest BCUT2D eigenvalue weighted by molar-refractivity contribution is 7.16. The molecule has 24 heavy (non-hydrogen) atoms. The van der Waals surface area contributed by atoms with Crippen molar-refractivity contribution in [2.24, 2.45) is 0 Å². The van der Waals surface area contributed by atoms with Crippen LogP contribution in [0.3, 0.4) is 0 Å². The van der Waals surface area contributed by atoms with E-state index < -0.39 is 0 Å². The Labute approximate surface area is 142 Å². The van der Waals surface area contributed by atoms with Gasteiger partial charge in [0.2, 0.25) is 4.96 Å². The van der Waals surface area contributed by atoms with E-state index >= 15 is 0 Å². The van der Waals surface area contributed by atoms with Crippen molar-refractivity contribution >= 4 is 22.6 Å². The second kappa shape index (κ2) is 6.25. The molecule has 2 heterocycles. The summed E-state index contributed by atoms with van der Waals surface area (Å²) in [4.78, 5) is 16.8. The minimum absolute atomic E-state index is 0.344. The quantitative estimate of drug-likeness (QED) is 0.520. The van der Waals surface area contributed by atoms with Gasteiger partial charge in [0.1, 0.15) is 23.7 Å². The van der Waals surface area contributed by atoms with Gasteiger partial charge in [-0.05, 0) is 12.1 Å². The van der Waals surface area contributed by atoms with Crippen LogP contribution in [0.4, 0.5) is 0 Å². The topological polar surface area (TPSA) is 56.5 Å². The van der Waals surface area contributed by atoms with Crippen molar-refractivity contribution in [2.45, 2.75) is 6.61 Å². The number of ether oxygens (including phenoxy) is 1. The number of imidazole rings is 1. The first kappa shape index (κ1) is 14.6. The molecule has 4 aromatic rings. The number of carbonyl (C=O) groups is 1. The maximum absolute atomic E-state index is 11.5. The summed E-state index contributed by atoms with van der Waals surface area (Å²) in [6.45, 7) is 0.344. The summed E-state index contributed by atoms with van der Waals surface area (Å²) < 4.78 is 7.28. The van der Waals surface area contributed by atoms with Gasteiger partial charge in [-0.2, -0.15) is 9.61 Å². The van der Waals surface area contributed by atoms with Crippen LogP contribution in [0.5, 0.6) is 5.75 Å². The zero-order chi connectivity index (χ0) is 16.4. The van der Waals surface area contributed by atoms with Crippen LogP contribution in [0.1, 0.15) is 15.5 Å². The lowest BCUT2D eigenvalue weighted by atomic mass is 10.1. The molecule has 118 valence electrons. The van der Waals surface area contributed by atoms with Crippen molar-refractivity contribution in [3.8, 4) is 17.0 Å². The van der Waals surface area contributed by atoms with E-state index in [4.69, 9.17) is 4.74 Å². The molecule has 0 aliphatic rings. The molecule has 0 atom stereocenters. The molecule has 0 N–H and O–H groups in total. The molecular formula is C18H13N3O2S. The second-order valence-electron chi connectivity index (χ2n) is 5.12. The van der Waals surface area contributed by atoms with Crippen molar-refractivity contribution in [3.63, 3.8) is 0 Å². The number of fused-ring (bicyclic) bond motifs is 1. The minimum atomic E-state index is 0.344. The van der Waals surface area contributed by atoms with Crippen LogP contribution >= 0.6 is 11.3 Å². The van der Waals surface area contributed by atoms with E-state index in [0.717, 1.165) is 22.6 Å². The van der Waals surface area contributed by atoms with Gasteiger partial charge in [0.05, 0.1) is 0 Å². The Morgan fingerprint density at radius 3 is 2.46 bits per heavy atom. The van der Waals surface area contributed by atoms with Crippen molar-refractivity contribution in [1.29, 1.82) is 0 Å². The number of para-hydroxylation sites is 1. The minimum Gasteiger partial charge on any atom is -0.486 e. The fourth-order valence-electron chi connectivity index (χ4n) is 2.44. The number of rotatable bonds is 5. The van der Waals surface area contributed by atoms with Crippen LogP contribution in [0.25, 0.3) is 16.2 Å². The first-order valence-electron chi connectivity index (χ1n) is 7.42. The first-order valence-corrected chi connectivity index (χ1v) is 8.23. The SMILES string of the molecule is O=Cc1c(-c2ccccc2)nc2sc(COc3ccccc3)nn12. The van der Waals surface area contributed by atoms with Crippen molar-refractivity contribution in [1.82, 2.24) is 14.6 Å². The molecule has 0 radical (unpaired) electrons. The van der Waals surface area contributed by atoms with Crippen LogP contribution in [-0.4, -0.2) is 20.9 Å². The third-order valence-electron chi connectivity index (χ3n) is 3.54. The Bertz CT molecular complexity index is 978. The van der Waals surface area contributed by atoms with Gasteiger partial charge in [0, 0.05) is 5.56 Å². The maximum Gasteiger partial charge on any atom is 0.213 e. The highest BCUT2D eigenvalue weighted by atomic mass is 32.1. The van der Waals surface area contributed by atoms with Gasteiger partial charge in [0.15, 0.2) is 11.3 Å². The molecule has 0 spiro atoms. The van der Waals surface area contributed by atoms with Crippen LogP contribution in [0.2, 0.25) is 0 Å². The molecule has 0 saturated carbocycles. The molecule has 0 aliphatic carbocycles. The largest absolute Gasteiger partial charge is 0.486 e. The average molecular weight is 335 g/mol. The van der Waals surface area contributed by atoms with E-state index in [2.05, 4.69) is 10.1 Å². The van der Waals surface area contributed by atoms with E-state index in [1.54, 1.807) is 4.52 Å². The highest BCUT2D eigenvalue weighted by Gasteiger charge is 2.17. The molecule has 0 bridgehead atoms. The van der Waals surface area contributed by atoms with Gasteiger partial charge < -0.3 is 4.74 Å². The summed E-state index contributed by atoms with van der Waals surface area (Å²) in [5.74, 6) is 0.783. The molecule has 5 nitrogen and oxygen atoms in total. The average Bonchev–Trinajstić information content (AvgIpc) is 3.18. The van der Waals surface area contributed by atoms with Gasteiger partial charge in [-0.1, -0.05) is 59.9 Å². The Morgan fingerprint density at radius 2 is 1.75 bits per heavy atom. The fourth-order valence-corrected chi connectivity index (χ4v) is 3.25. The smallest absolute Gasteiger partial charge is 0.213 e. The van der Waals surface area contributed by atoms with Crippen molar-refractivity contribution < 1.29 is 9.53 Å². The van der Waals surface area contributed by atoms with Crippen molar-refractivity contribution in [2.75, 3.05) is 0 Å². The summed E-state index contributed by atoms with van der Waals surface area (Å²) in [5.41, 5.74) is 2.01. The highest BCUT2D eigenvalue weighted by Crippen LogP contribution is 2.26. The van der Waals surface area contributed by atoms with Gasteiger partial charge in [-0.3, -0.25) is 4.79 Å². The second-order valence-corrected chi connectivity index (χ2v) is 6.16. The van der Waals surface area contributed by atoms with Crippen LogP contribution in [0, 0.1) is 0 Å². The summed E-state index contributed by atoms with van der Waals surface area (Å²) in [5, 5.41) is 5.23. The maximum atomic E-state index is 11.5. The predicted octanol–water partition coefficient (Wildman–Crippen LogP) is 3.85. The standard InChI is InChI=1S/C18H13N3O2S/c22-11-15-17(13-7-3-1-4-8-13)19-18-21(15)20-16(24-18)12-23-14-9-5-2-6-10-14/h1-11H,12H2. The van der Waals surface area contributed by atoms with Crippen LogP contribution in [-0.2, 0) is 6.61 Å². The third-order valence-corrected chi connectivity index (χ3v) is 4.43. The number of hydrogen-bond donors (Lipinski definition) is 0. The molecule has 6 heteroatoms. The summed E-state index contributed by atoms with van der Waals surface area (Å²) in [7, 11) is 0. The van der Waals surface area contributed by atoms with Crippen LogP contribution in [0.15, 0.2) is 60.7 Å². The first-order chi connectivity index (χ1) is 11.8. The fraction of sp³-hybridized carbons (Fsp3) is 0.0556. The normalized spacial score (nSPS) is 10.8. The zero-order valence-corrected chi connectivity index (χ0v) is 13.4. The molecular weight excluding hydrogens is 322 g/mol. The number of hydrogen-bond acceptors (Lipinski definition) is 5. The van der Waals surface area contributed by atoms with E-state index in [0.29, 0.717) is 23.0 Å². The van der Waals surface area contributed by atoms with Gasteiger partial charge in [0.25, 0.3) is 0 Å². The Hall–Kier alpha value is -2.99. The predicted molar refractivity (Wildman–Crippen MR) is 92.5 cm³/mol. The lowest BCUT2D eigenvalue weighted by molar-refractivity contribution is 0.111. The van der Waals surface area contributed by atoms with Gasteiger partial charge in [-0.25, -0.2) is 4.98 Å². The van der Waals surface area contributed by atoms with E-state index in [-0.39, 0.29) is 0 Å². The molecule has 0 fully saturated rings. The number of aldehydes is 1. The molecule has 4 rings (SSSR count). The molecule has 0 aliphatic heterocycles. The third kappa shape index (κ3) is 2.68. The monoisotopic (exact) mass is 335 g/mol. The Morgan fingerprint density at radius 1 is 1.04 bits per heavy atom.